The first-order valence-electron chi connectivity index (χ1n) is 6.09. The minimum atomic E-state index is -3.62. The minimum absolute atomic E-state index is 0.00611. The van der Waals surface area contributed by atoms with Crippen LogP contribution in [-0.4, -0.2) is 26.2 Å². The van der Waals surface area contributed by atoms with Crippen molar-refractivity contribution in [3.63, 3.8) is 0 Å². The molecule has 0 aliphatic rings. The fourth-order valence-electron chi connectivity index (χ4n) is 1.70. The molecule has 0 fully saturated rings. The van der Waals surface area contributed by atoms with E-state index in [-0.39, 0.29) is 29.8 Å². The normalized spacial score (nSPS) is 11.1. The summed E-state index contributed by atoms with van der Waals surface area (Å²) in [6.45, 7) is 0.153. The average Bonchev–Trinajstić information content (AvgIpc) is 2.91. The van der Waals surface area contributed by atoms with Crippen LogP contribution in [0.4, 0.5) is 5.82 Å². The molecule has 0 amide bonds. The van der Waals surface area contributed by atoms with E-state index in [9.17, 15) is 8.42 Å². The lowest BCUT2D eigenvalue weighted by molar-refractivity contribution is 0.460. The molecule has 0 spiro atoms. The Morgan fingerprint density at radius 2 is 2.05 bits per heavy atom. The molecule has 2 N–H and O–H groups in total. The smallest absolute Gasteiger partial charge is 0.264 e. The Kier molecular flexibility index (Phi) is 4.26. The molecule has 0 aliphatic heterocycles. The van der Waals surface area contributed by atoms with Crippen molar-refractivity contribution in [3.8, 4) is 17.5 Å². The first-order chi connectivity index (χ1) is 9.93. The van der Waals surface area contributed by atoms with Crippen molar-refractivity contribution in [1.29, 1.82) is 5.26 Å². The quantitative estimate of drug-likeness (QED) is 0.655. The third kappa shape index (κ3) is 3.39. The molecule has 0 radical (unpaired) electrons. The molecule has 2 aromatic rings. The second kappa shape index (κ2) is 5.95. The van der Waals surface area contributed by atoms with Crippen LogP contribution >= 0.6 is 0 Å². The number of nitrogens with two attached hydrogens (primary N) is 1. The first kappa shape index (κ1) is 15.0. The summed E-state index contributed by atoms with van der Waals surface area (Å²) in [5.74, 6) is 5.94. The highest BCUT2D eigenvalue weighted by molar-refractivity contribution is 7.90. The van der Waals surface area contributed by atoms with E-state index in [0.29, 0.717) is 5.56 Å². The predicted octanol–water partition coefficient (Wildman–Crippen LogP) is 1.34. The summed E-state index contributed by atoms with van der Waals surface area (Å²) < 4.78 is 29.0. The molecule has 2 rings (SSSR count). The second-order valence-corrected chi connectivity index (χ2v) is 6.28. The van der Waals surface area contributed by atoms with Crippen molar-refractivity contribution < 1.29 is 12.8 Å². The maximum absolute atomic E-state index is 11.8. The van der Waals surface area contributed by atoms with E-state index in [1.54, 1.807) is 24.3 Å². The van der Waals surface area contributed by atoms with Crippen LogP contribution in [0.1, 0.15) is 6.42 Å². The molecule has 1 heterocycles. The van der Waals surface area contributed by atoms with Gasteiger partial charge >= 0.3 is 0 Å². The lowest BCUT2D eigenvalue weighted by Crippen LogP contribution is -2.33. The highest BCUT2D eigenvalue weighted by Gasteiger charge is 2.25. The van der Waals surface area contributed by atoms with Crippen LogP contribution in [-0.2, 0) is 9.84 Å². The molecule has 0 bridgehead atoms. The average molecular weight is 306 g/mol. The largest absolute Gasteiger partial charge is 0.422 e. The molecule has 0 saturated heterocycles. The van der Waals surface area contributed by atoms with Gasteiger partial charge in [-0.2, -0.15) is 10.2 Å². The zero-order valence-electron chi connectivity index (χ0n) is 11.4. The maximum atomic E-state index is 11.8. The molecule has 0 atom stereocenters. The summed E-state index contributed by atoms with van der Waals surface area (Å²) >= 11 is 0. The summed E-state index contributed by atoms with van der Waals surface area (Å²) in [6.07, 6.45) is 1.16. The zero-order chi connectivity index (χ0) is 15.5. The van der Waals surface area contributed by atoms with E-state index in [1.165, 1.54) is 0 Å². The Labute approximate surface area is 122 Å². The molecule has 8 heteroatoms. The van der Waals surface area contributed by atoms with Crippen LogP contribution in [0, 0.1) is 11.3 Å². The summed E-state index contributed by atoms with van der Waals surface area (Å²) in [7, 11) is -3.62. The lowest BCUT2D eigenvalue weighted by atomic mass is 10.2. The minimum Gasteiger partial charge on any atom is -0.422 e. The SMILES string of the molecule is CS(=O)(=O)c1oc(-c2ccccc2)nc1N(N)CCC#N. The third-order valence-corrected chi connectivity index (χ3v) is 3.61. The standard InChI is InChI=1S/C13H14N4O3S/c1-21(18,19)13-11(17(15)9-5-8-14)16-12(20-13)10-6-3-2-4-7-10/h2-4,6-7H,5,9,15H2,1H3. The number of hydrogen-bond acceptors (Lipinski definition) is 7. The van der Waals surface area contributed by atoms with Crippen LogP contribution < -0.4 is 10.9 Å². The number of sulfone groups is 1. The zero-order valence-corrected chi connectivity index (χ0v) is 12.2. The van der Waals surface area contributed by atoms with Crippen molar-refractivity contribution in [2.75, 3.05) is 17.8 Å². The fraction of sp³-hybridized carbons (Fsp3) is 0.231. The van der Waals surface area contributed by atoms with E-state index in [1.807, 2.05) is 12.1 Å². The molecule has 0 unspecified atom stereocenters. The number of oxazole rings is 1. The van der Waals surface area contributed by atoms with E-state index >= 15 is 0 Å². The van der Waals surface area contributed by atoms with Crippen molar-refractivity contribution in [1.82, 2.24) is 4.98 Å². The molecule has 1 aromatic heterocycles. The second-order valence-electron chi connectivity index (χ2n) is 4.37. The molecule has 0 aliphatic carbocycles. The van der Waals surface area contributed by atoms with Crippen LogP contribution in [0.2, 0.25) is 0 Å². The van der Waals surface area contributed by atoms with Gasteiger partial charge in [0.05, 0.1) is 12.5 Å². The van der Waals surface area contributed by atoms with Crippen LogP contribution in [0.15, 0.2) is 39.8 Å². The van der Waals surface area contributed by atoms with Gasteiger partial charge in [0.25, 0.3) is 5.09 Å². The van der Waals surface area contributed by atoms with E-state index < -0.39 is 9.84 Å². The van der Waals surface area contributed by atoms with Crippen LogP contribution in [0.5, 0.6) is 0 Å². The lowest BCUT2D eigenvalue weighted by Gasteiger charge is -2.13. The number of benzene rings is 1. The van der Waals surface area contributed by atoms with Gasteiger partial charge in [-0.3, -0.25) is 5.01 Å². The molecule has 0 saturated carbocycles. The Hall–Kier alpha value is -2.37. The molecule has 1 aromatic carbocycles. The predicted molar refractivity (Wildman–Crippen MR) is 76.8 cm³/mol. The number of nitriles is 1. The highest BCUT2D eigenvalue weighted by Crippen LogP contribution is 2.29. The Morgan fingerprint density at radius 3 is 2.62 bits per heavy atom. The van der Waals surface area contributed by atoms with Crippen molar-refractivity contribution in [2.45, 2.75) is 11.5 Å². The van der Waals surface area contributed by atoms with Gasteiger partial charge in [0.15, 0.2) is 0 Å². The molecule has 21 heavy (non-hydrogen) atoms. The molecular formula is C13H14N4O3S. The van der Waals surface area contributed by atoms with Gasteiger partial charge < -0.3 is 4.42 Å². The van der Waals surface area contributed by atoms with E-state index in [0.717, 1.165) is 11.3 Å². The molecule has 110 valence electrons. The summed E-state index contributed by atoms with van der Waals surface area (Å²) in [5, 5.41) is 9.38. The van der Waals surface area contributed by atoms with Gasteiger partial charge in [-0.05, 0) is 12.1 Å². The van der Waals surface area contributed by atoms with Gasteiger partial charge in [-0.25, -0.2) is 14.3 Å². The topological polar surface area (TPSA) is 113 Å². The van der Waals surface area contributed by atoms with Gasteiger partial charge in [-0.1, -0.05) is 18.2 Å². The first-order valence-corrected chi connectivity index (χ1v) is 7.98. The van der Waals surface area contributed by atoms with Crippen LogP contribution in [0.3, 0.4) is 0 Å². The number of hydrazine groups is 1. The number of hydrogen-bond donors (Lipinski definition) is 1. The number of rotatable bonds is 5. The van der Waals surface area contributed by atoms with E-state index in [4.69, 9.17) is 15.5 Å². The number of anilines is 1. The summed E-state index contributed by atoms with van der Waals surface area (Å²) in [6, 6.07) is 10.8. The van der Waals surface area contributed by atoms with Gasteiger partial charge in [-0.15, -0.1) is 0 Å². The third-order valence-electron chi connectivity index (χ3n) is 2.67. The number of nitrogens with zero attached hydrogens (tertiary/aromatic N) is 3. The monoisotopic (exact) mass is 306 g/mol. The molecule has 7 nitrogen and oxygen atoms in total. The van der Waals surface area contributed by atoms with Crippen LogP contribution in [0.25, 0.3) is 11.5 Å². The summed E-state index contributed by atoms with van der Waals surface area (Å²) in [5.41, 5.74) is 0.641. The Bertz CT molecular complexity index is 762. The molecular weight excluding hydrogens is 292 g/mol. The Balaban J connectivity index is 2.49. The maximum Gasteiger partial charge on any atom is 0.264 e. The van der Waals surface area contributed by atoms with Gasteiger partial charge in [0.1, 0.15) is 0 Å². The van der Waals surface area contributed by atoms with Crippen molar-refractivity contribution in [3.05, 3.63) is 30.3 Å². The van der Waals surface area contributed by atoms with Gasteiger partial charge in [0.2, 0.25) is 21.5 Å². The number of aromatic nitrogens is 1. The fourth-order valence-corrected chi connectivity index (χ4v) is 2.43. The Morgan fingerprint density at radius 1 is 1.38 bits per heavy atom. The van der Waals surface area contributed by atoms with E-state index in [2.05, 4.69) is 4.98 Å². The summed E-state index contributed by atoms with van der Waals surface area (Å²) in [4.78, 5) is 4.15. The van der Waals surface area contributed by atoms with Gasteiger partial charge in [0, 0.05) is 18.4 Å². The van der Waals surface area contributed by atoms with Crippen molar-refractivity contribution in [2.24, 2.45) is 5.84 Å². The highest BCUT2D eigenvalue weighted by atomic mass is 32.2. The van der Waals surface area contributed by atoms with Crippen molar-refractivity contribution >= 4 is 15.7 Å².